The molecule has 0 saturated carbocycles. The molecule has 36 heavy (non-hydrogen) atoms. The van der Waals surface area contributed by atoms with Gasteiger partial charge in [-0.3, -0.25) is 4.79 Å². The Labute approximate surface area is 221 Å². The zero-order valence-electron chi connectivity index (χ0n) is 21.9. The molecule has 0 amide bonds. The van der Waals surface area contributed by atoms with E-state index in [1.807, 2.05) is 18.2 Å². The highest BCUT2D eigenvalue weighted by Gasteiger charge is 2.16. The molecule has 0 unspecified atom stereocenters. The van der Waals surface area contributed by atoms with Crippen molar-refractivity contribution >= 4 is 38.7 Å². The number of anilines is 1. The number of aryl methyl sites for hydroxylation is 1. The Morgan fingerprint density at radius 3 is 2.39 bits per heavy atom. The molecular formula is C29H34BrN5O. The molecular weight excluding hydrogens is 514 g/mol. The van der Waals surface area contributed by atoms with E-state index in [1.165, 1.54) is 10.4 Å². The number of aromatic nitrogens is 3. The molecule has 4 rings (SSSR count). The van der Waals surface area contributed by atoms with Gasteiger partial charge in [-0.05, 0) is 82.6 Å². The maximum absolute atomic E-state index is 13.4. The van der Waals surface area contributed by atoms with Crippen LogP contribution in [-0.4, -0.2) is 33.5 Å². The predicted octanol–water partition coefficient (Wildman–Crippen LogP) is 6.81. The first kappa shape index (κ1) is 25.9. The fourth-order valence-electron chi connectivity index (χ4n) is 4.62. The van der Waals surface area contributed by atoms with Crippen molar-refractivity contribution in [2.45, 2.75) is 53.9 Å². The zero-order chi connectivity index (χ0) is 26.0. The van der Waals surface area contributed by atoms with Crippen LogP contribution in [0.25, 0.3) is 16.6 Å². The molecule has 2 aromatic carbocycles. The third-order valence-corrected chi connectivity index (χ3v) is 7.40. The summed E-state index contributed by atoms with van der Waals surface area (Å²) < 4.78 is 4.53. The summed E-state index contributed by atoms with van der Waals surface area (Å²) >= 11 is 3.47. The molecule has 0 saturated heterocycles. The summed E-state index contributed by atoms with van der Waals surface area (Å²) in [6.45, 7) is 14.7. The van der Waals surface area contributed by atoms with Gasteiger partial charge in [-0.25, -0.2) is 4.98 Å². The van der Waals surface area contributed by atoms with Crippen LogP contribution in [-0.2, 0) is 0 Å². The highest BCUT2D eigenvalue weighted by molar-refractivity contribution is 9.10. The summed E-state index contributed by atoms with van der Waals surface area (Å²) in [6.07, 6.45) is 2.64. The van der Waals surface area contributed by atoms with Crippen molar-refractivity contribution in [3.05, 3.63) is 86.1 Å². The van der Waals surface area contributed by atoms with Crippen LogP contribution in [0.1, 0.15) is 62.8 Å². The summed E-state index contributed by atoms with van der Waals surface area (Å²) in [5, 5.41) is 5.22. The number of hydrogen-bond acceptors (Lipinski definition) is 4. The highest BCUT2D eigenvalue weighted by atomic mass is 79.9. The van der Waals surface area contributed by atoms with Gasteiger partial charge in [0.25, 0.3) is 5.56 Å². The van der Waals surface area contributed by atoms with Crippen LogP contribution >= 0.6 is 15.9 Å². The lowest BCUT2D eigenvalue weighted by atomic mass is 10.1. The lowest BCUT2D eigenvalue weighted by Gasteiger charge is -2.21. The van der Waals surface area contributed by atoms with Crippen LogP contribution in [0, 0.1) is 13.8 Å². The number of benzene rings is 2. The fourth-order valence-corrected chi connectivity index (χ4v) is 4.98. The first-order valence-corrected chi connectivity index (χ1v) is 13.4. The molecule has 6 nitrogen and oxygen atoms in total. The van der Waals surface area contributed by atoms with E-state index in [0.29, 0.717) is 16.7 Å². The van der Waals surface area contributed by atoms with Crippen LogP contribution in [0.2, 0.25) is 0 Å². The Balaban J connectivity index is 1.76. The van der Waals surface area contributed by atoms with Gasteiger partial charge in [0.15, 0.2) is 0 Å². The number of nitrogens with zero attached hydrogens (tertiary/aromatic N) is 5. The number of hydrogen-bond donors (Lipinski definition) is 0. The molecule has 0 aliphatic rings. The first-order valence-electron chi connectivity index (χ1n) is 12.6. The van der Waals surface area contributed by atoms with Crippen LogP contribution in [0.3, 0.4) is 0 Å². The molecule has 7 heteroatoms. The highest BCUT2D eigenvalue weighted by Crippen LogP contribution is 2.24. The molecule has 0 aliphatic carbocycles. The second kappa shape index (κ2) is 10.8. The Bertz CT molecular complexity index is 1460. The molecule has 188 valence electrons. The van der Waals surface area contributed by atoms with Crippen LogP contribution in [0.15, 0.2) is 62.9 Å². The molecule has 0 fully saturated rings. The Morgan fingerprint density at radius 2 is 1.75 bits per heavy atom. The van der Waals surface area contributed by atoms with E-state index in [9.17, 15) is 4.79 Å². The van der Waals surface area contributed by atoms with Crippen molar-refractivity contribution in [3.8, 4) is 5.69 Å². The van der Waals surface area contributed by atoms with Crippen molar-refractivity contribution in [2.24, 2.45) is 5.10 Å². The van der Waals surface area contributed by atoms with E-state index in [1.54, 1.807) is 6.21 Å². The maximum Gasteiger partial charge on any atom is 0.282 e. The fraction of sp³-hybridized carbons (Fsp3) is 0.345. The van der Waals surface area contributed by atoms with E-state index >= 15 is 0 Å². The minimum atomic E-state index is -0.159. The van der Waals surface area contributed by atoms with E-state index in [-0.39, 0.29) is 11.5 Å². The molecule has 0 aliphatic heterocycles. The standard InChI is InChI=1S/C29H34BrN5O/c1-7-19(4)28-32-27-15-10-23(30)17-26(27)29(36)35(28)31-18-22-16-20(5)34(21(22)6)25-13-11-24(12-14-25)33(8-2)9-3/h10-19H,7-9H2,1-6H3/t19-/m0/s1. The van der Waals surface area contributed by atoms with Gasteiger partial charge in [0.2, 0.25) is 0 Å². The summed E-state index contributed by atoms with van der Waals surface area (Å²) in [6, 6.07) is 16.4. The normalized spacial score (nSPS) is 12.5. The van der Waals surface area contributed by atoms with Gasteiger partial charge in [0.05, 0.1) is 17.1 Å². The van der Waals surface area contributed by atoms with Crippen molar-refractivity contribution in [1.29, 1.82) is 0 Å². The average molecular weight is 549 g/mol. The van der Waals surface area contributed by atoms with Gasteiger partial charge in [-0.1, -0.05) is 29.8 Å². The minimum Gasteiger partial charge on any atom is -0.372 e. The van der Waals surface area contributed by atoms with Crippen molar-refractivity contribution < 1.29 is 0 Å². The molecule has 4 aromatic rings. The minimum absolute atomic E-state index is 0.0969. The Morgan fingerprint density at radius 1 is 1.06 bits per heavy atom. The summed E-state index contributed by atoms with van der Waals surface area (Å²) in [7, 11) is 0. The van der Waals surface area contributed by atoms with E-state index in [2.05, 4.69) is 102 Å². The predicted molar refractivity (Wildman–Crippen MR) is 154 cm³/mol. The van der Waals surface area contributed by atoms with E-state index in [4.69, 9.17) is 4.98 Å². The molecule has 0 N–H and O–H groups in total. The molecule has 2 heterocycles. The molecule has 0 bridgehead atoms. The topological polar surface area (TPSA) is 55.4 Å². The molecule has 0 radical (unpaired) electrons. The Hall–Kier alpha value is -3.19. The van der Waals surface area contributed by atoms with E-state index < -0.39 is 0 Å². The summed E-state index contributed by atoms with van der Waals surface area (Å²) in [5.74, 6) is 0.772. The zero-order valence-corrected chi connectivity index (χ0v) is 23.5. The largest absolute Gasteiger partial charge is 0.372 e. The molecule has 2 aromatic heterocycles. The average Bonchev–Trinajstić information content (AvgIpc) is 3.17. The maximum atomic E-state index is 13.4. The molecule has 0 spiro atoms. The van der Waals surface area contributed by atoms with Crippen molar-refractivity contribution in [2.75, 3.05) is 18.0 Å². The third kappa shape index (κ3) is 4.89. The quantitative estimate of drug-likeness (QED) is 0.228. The lowest BCUT2D eigenvalue weighted by molar-refractivity contribution is 0.613. The number of rotatable bonds is 8. The van der Waals surface area contributed by atoms with Gasteiger partial charge in [-0.2, -0.15) is 9.78 Å². The van der Waals surface area contributed by atoms with Gasteiger partial charge >= 0.3 is 0 Å². The van der Waals surface area contributed by atoms with Crippen LogP contribution in [0.4, 0.5) is 5.69 Å². The number of fused-ring (bicyclic) bond motifs is 1. The number of halogens is 1. The second-order valence-corrected chi connectivity index (χ2v) is 10.1. The van der Waals surface area contributed by atoms with Gasteiger partial charge in [0, 0.05) is 51.8 Å². The smallest absolute Gasteiger partial charge is 0.282 e. The molecule has 1 atom stereocenters. The second-order valence-electron chi connectivity index (χ2n) is 9.15. The van der Waals surface area contributed by atoms with Gasteiger partial charge in [0.1, 0.15) is 5.82 Å². The van der Waals surface area contributed by atoms with Crippen molar-refractivity contribution in [3.63, 3.8) is 0 Å². The van der Waals surface area contributed by atoms with Crippen molar-refractivity contribution in [1.82, 2.24) is 14.2 Å². The lowest BCUT2D eigenvalue weighted by Crippen LogP contribution is -2.23. The summed E-state index contributed by atoms with van der Waals surface area (Å²) in [5.41, 5.74) is 6.01. The summed E-state index contributed by atoms with van der Waals surface area (Å²) in [4.78, 5) is 20.6. The first-order chi connectivity index (χ1) is 17.3. The third-order valence-electron chi connectivity index (χ3n) is 6.91. The van der Waals surface area contributed by atoms with Crippen LogP contribution < -0.4 is 10.5 Å². The van der Waals surface area contributed by atoms with Crippen LogP contribution in [0.5, 0.6) is 0 Å². The Kier molecular flexibility index (Phi) is 7.79. The van der Waals surface area contributed by atoms with Gasteiger partial charge in [-0.15, -0.1) is 0 Å². The van der Waals surface area contributed by atoms with E-state index in [0.717, 1.165) is 46.6 Å². The SMILES string of the molecule is CC[C@H](C)c1nc2ccc(Br)cc2c(=O)n1N=Cc1cc(C)n(-c2ccc(N(CC)CC)cc2)c1C. The van der Waals surface area contributed by atoms with Gasteiger partial charge < -0.3 is 9.47 Å². The monoisotopic (exact) mass is 547 g/mol.